The van der Waals surface area contributed by atoms with Crippen molar-refractivity contribution in [2.75, 3.05) is 13.6 Å². The molecule has 2 N–H and O–H groups in total. The summed E-state index contributed by atoms with van der Waals surface area (Å²) in [4.78, 5) is 12.9. The van der Waals surface area contributed by atoms with Gasteiger partial charge in [0.15, 0.2) is 11.8 Å². The first kappa shape index (κ1) is 24.4. The minimum atomic E-state index is 0. The van der Waals surface area contributed by atoms with E-state index in [0.29, 0.717) is 42.9 Å². The summed E-state index contributed by atoms with van der Waals surface area (Å²) < 4.78 is 7.27. The average molecular weight is 558 g/mol. The van der Waals surface area contributed by atoms with Crippen molar-refractivity contribution >= 4 is 29.9 Å². The Morgan fingerprint density at radius 1 is 1.09 bits per heavy atom. The van der Waals surface area contributed by atoms with Crippen LogP contribution < -0.4 is 10.6 Å². The van der Waals surface area contributed by atoms with Gasteiger partial charge in [-0.1, -0.05) is 29.4 Å². The maximum absolute atomic E-state index is 5.30. The van der Waals surface area contributed by atoms with Crippen molar-refractivity contribution < 1.29 is 4.52 Å². The second kappa shape index (κ2) is 11.5. The zero-order valence-corrected chi connectivity index (χ0v) is 21.1. The molecule has 0 bridgehead atoms. The molecule has 0 unspecified atom stereocenters. The van der Waals surface area contributed by atoms with Gasteiger partial charge in [0, 0.05) is 38.4 Å². The summed E-state index contributed by atoms with van der Waals surface area (Å²) >= 11 is 0. The summed E-state index contributed by atoms with van der Waals surface area (Å²) in [5.74, 6) is 1.73. The van der Waals surface area contributed by atoms with Gasteiger partial charge < -0.3 is 15.2 Å². The second-order valence-electron chi connectivity index (χ2n) is 7.30. The molecule has 3 aromatic heterocycles. The lowest BCUT2D eigenvalue weighted by Crippen LogP contribution is -2.38. The van der Waals surface area contributed by atoms with E-state index in [1.807, 2.05) is 41.9 Å². The van der Waals surface area contributed by atoms with Crippen molar-refractivity contribution in [3.05, 3.63) is 77.5 Å². The van der Waals surface area contributed by atoms with E-state index in [0.717, 1.165) is 22.6 Å². The standard InChI is InChI=1S/C23H26N8O.HI/c1-16-14-17(2)31(29-16)20-10-5-4-8-18(20)15-27-23(24-3)26-13-11-21-28-22(32-30-21)19-9-6-7-12-25-19;/h4-10,12,14H,11,13,15H2,1-3H3,(H2,24,26,27);1H. The van der Waals surface area contributed by atoms with Crippen LogP contribution >= 0.6 is 24.0 Å². The molecule has 172 valence electrons. The summed E-state index contributed by atoms with van der Waals surface area (Å²) in [5.41, 5.74) is 4.94. The van der Waals surface area contributed by atoms with Gasteiger partial charge >= 0.3 is 0 Å². The van der Waals surface area contributed by atoms with Gasteiger partial charge in [-0.3, -0.25) is 9.98 Å². The minimum absolute atomic E-state index is 0. The Kier molecular flexibility index (Phi) is 8.52. The van der Waals surface area contributed by atoms with Crippen molar-refractivity contribution in [3.8, 4) is 17.3 Å². The predicted molar refractivity (Wildman–Crippen MR) is 138 cm³/mol. The summed E-state index contributed by atoms with van der Waals surface area (Å²) in [6.45, 7) is 5.28. The molecular weight excluding hydrogens is 531 g/mol. The molecule has 1 aromatic carbocycles. The van der Waals surface area contributed by atoms with Crippen molar-refractivity contribution in [2.24, 2.45) is 4.99 Å². The van der Waals surface area contributed by atoms with Crippen LogP contribution in [0.25, 0.3) is 17.3 Å². The molecule has 0 aliphatic rings. The zero-order chi connectivity index (χ0) is 22.3. The molecule has 4 aromatic rings. The fourth-order valence-electron chi connectivity index (χ4n) is 3.38. The number of hydrogen-bond donors (Lipinski definition) is 2. The van der Waals surface area contributed by atoms with Gasteiger partial charge in [-0.2, -0.15) is 10.1 Å². The largest absolute Gasteiger partial charge is 0.356 e. The number of aliphatic imine (C=N–C) groups is 1. The molecule has 33 heavy (non-hydrogen) atoms. The first-order valence-corrected chi connectivity index (χ1v) is 10.4. The van der Waals surface area contributed by atoms with Crippen LogP contribution in [0.5, 0.6) is 0 Å². The van der Waals surface area contributed by atoms with E-state index >= 15 is 0 Å². The number of aryl methyl sites for hydroxylation is 2. The Bertz CT molecular complexity index is 1200. The first-order chi connectivity index (χ1) is 15.6. The second-order valence-corrected chi connectivity index (χ2v) is 7.30. The molecule has 3 heterocycles. The Balaban J connectivity index is 0.00000306. The Morgan fingerprint density at radius 3 is 2.64 bits per heavy atom. The Labute approximate surface area is 209 Å². The Hall–Kier alpha value is -3.28. The van der Waals surface area contributed by atoms with E-state index in [9.17, 15) is 0 Å². The van der Waals surface area contributed by atoms with Gasteiger partial charge in [0.25, 0.3) is 5.89 Å². The van der Waals surface area contributed by atoms with E-state index < -0.39 is 0 Å². The number of nitrogens with zero attached hydrogens (tertiary/aromatic N) is 6. The molecule has 0 aliphatic heterocycles. The van der Waals surface area contributed by atoms with Crippen LogP contribution in [-0.4, -0.2) is 44.5 Å². The van der Waals surface area contributed by atoms with Crippen LogP contribution in [0.1, 0.15) is 22.8 Å². The van der Waals surface area contributed by atoms with Crippen LogP contribution in [0.4, 0.5) is 0 Å². The fraction of sp³-hybridized carbons (Fsp3) is 0.261. The topological polar surface area (TPSA) is 106 Å². The fourth-order valence-corrected chi connectivity index (χ4v) is 3.38. The zero-order valence-electron chi connectivity index (χ0n) is 18.8. The third-order valence-corrected chi connectivity index (χ3v) is 4.89. The molecule has 0 radical (unpaired) electrons. The van der Waals surface area contributed by atoms with Crippen LogP contribution in [0, 0.1) is 13.8 Å². The van der Waals surface area contributed by atoms with E-state index in [1.54, 1.807) is 13.2 Å². The number of rotatable bonds is 7. The molecule has 0 amide bonds. The highest BCUT2D eigenvalue weighted by molar-refractivity contribution is 14.0. The predicted octanol–water partition coefficient (Wildman–Crippen LogP) is 3.46. The third-order valence-electron chi connectivity index (χ3n) is 4.89. The van der Waals surface area contributed by atoms with Crippen molar-refractivity contribution in [1.29, 1.82) is 0 Å². The van der Waals surface area contributed by atoms with Crippen LogP contribution in [0.2, 0.25) is 0 Å². The summed E-state index contributed by atoms with van der Waals surface area (Å²) in [5, 5.41) is 15.3. The van der Waals surface area contributed by atoms with Gasteiger partial charge in [-0.05, 0) is 43.7 Å². The highest BCUT2D eigenvalue weighted by Gasteiger charge is 2.11. The summed E-state index contributed by atoms with van der Waals surface area (Å²) in [7, 11) is 1.75. The summed E-state index contributed by atoms with van der Waals surface area (Å²) in [6.07, 6.45) is 2.29. The van der Waals surface area contributed by atoms with Gasteiger partial charge in [0.05, 0.1) is 11.4 Å². The number of pyridine rings is 1. The molecule has 9 nitrogen and oxygen atoms in total. The maximum Gasteiger partial charge on any atom is 0.276 e. The molecule has 0 spiro atoms. The average Bonchev–Trinajstić information content (AvgIpc) is 3.42. The number of para-hydroxylation sites is 1. The highest BCUT2D eigenvalue weighted by atomic mass is 127. The minimum Gasteiger partial charge on any atom is -0.356 e. The molecule has 4 rings (SSSR count). The molecule has 0 saturated heterocycles. The molecular formula is C23H27IN8O. The lowest BCUT2D eigenvalue weighted by molar-refractivity contribution is 0.421. The van der Waals surface area contributed by atoms with Gasteiger partial charge in [-0.25, -0.2) is 4.68 Å². The molecule has 0 aliphatic carbocycles. The third kappa shape index (κ3) is 6.15. The van der Waals surface area contributed by atoms with Crippen molar-refractivity contribution in [1.82, 2.24) is 35.5 Å². The maximum atomic E-state index is 5.30. The lowest BCUT2D eigenvalue weighted by Gasteiger charge is -2.14. The smallest absolute Gasteiger partial charge is 0.276 e. The van der Waals surface area contributed by atoms with E-state index in [4.69, 9.17) is 4.52 Å². The molecule has 0 atom stereocenters. The number of hydrogen-bond acceptors (Lipinski definition) is 6. The first-order valence-electron chi connectivity index (χ1n) is 10.4. The lowest BCUT2D eigenvalue weighted by atomic mass is 10.1. The van der Waals surface area contributed by atoms with E-state index in [1.165, 1.54) is 0 Å². The monoisotopic (exact) mass is 558 g/mol. The van der Waals surface area contributed by atoms with Crippen LogP contribution in [-0.2, 0) is 13.0 Å². The molecule has 0 saturated carbocycles. The number of nitrogens with one attached hydrogen (secondary N) is 2. The number of benzene rings is 1. The van der Waals surface area contributed by atoms with Crippen LogP contribution in [0.3, 0.4) is 0 Å². The SMILES string of the molecule is CN=C(NCCc1noc(-c2ccccn2)n1)NCc1ccccc1-n1nc(C)cc1C.I. The highest BCUT2D eigenvalue weighted by Crippen LogP contribution is 2.17. The van der Waals surface area contributed by atoms with Crippen molar-refractivity contribution in [3.63, 3.8) is 0 Å². The number of aromatic nitrogens is 5. The molecule has 0 fully saturated rings. The Morgan fingerprint density at radius 2 is 1.91 bits per heavy atom. The van der Waals surface area contributed by atoms with Gasteiger partial charge in [0.2, 0.25) is 0 Å². The number of halogens is 1. The summed E-state index contributed by atoms with van der Waals surface area (Å²) in [6, 6.07) is 15.8. The van der Waals surface area contributed by atoms with Crippen molar-refractivity contribution in [2.45, 2.75) is 26.8 Å². The van der Waals surface area contributed by atoms with Crippen LogP contribution in [0.15, 0.2) is 64.2 Å². The molecule has 10 heteroatoms. The van der Waals surface area contributed by atoms with E-state index in [2.05, 4.69) is 61.0 Å². The van der Waals surface area contributed by atoms with Gasteiger partial charge in [0.1, 0.15) is 5.69 Å². The quantitative estimate of drug-likeness (QED) is 0.203. The number of guanidine groups is 1. The normalized spacial score (nSPS) is 11.2. The van der Waals surface area contributed by atoms with E-state index in [-0.39, 0.29) is 24.0 Å². The van der Waals surface area contributed by atoms with Gasteiger partial charge in [-0.15, -0.1) is 24.0 Å².